The third kappa shape index (κ3) is 7.46. The predicted molar refractivity (Wildman–Crippen MR) is 139 cm³/mol. The number of nitrogens with zero attached hydrogens (tertiary/aromatic N) is 1. The summed E-state index contributed by atoms with van der Waals surface area (Å²) in [6, 6.07) is 24.6. The van der Waals surface area contributed by atoms with Crippen molar-refractivity contribution >= 4 is 23.4 Å². The summed E-state index contributed by atoms with van der Waals surface area (Å²) < 4.78 is 0. The van der Waals surface area contributed by atoms with Gasteiger partial charge in [0.1, 0.15) is 6.04 Å². The monoisotopic (exact) mass is 476 g/mol. The van der Waals surface area contributed by atoms with E-state index in [0.29, 0.717) is 24.5 Å². The molecule has 1 N–H and O–H groups in total. The van der Waals surface area contributed by atoms with E-state index in [-0.39, 0.29) is 18.2 Å². The summed E-state index contributed by atoms with van der Waals surface area (Å²) >= 11 is 6.08. The van der Waals surface area contributed by atoms with E-state index in [1.165, 1.54) is 0 Å². The quantitative estimate of drug-likeness (QED) is 0.358. The van der Waals surface area contributed by atoms with Gasteiger partial charge in [0.25, 0.3) is 0 Å². The lowest BCUT2D eigenvalue weighted by Gasteiger charge is -2.32. The van der Waals surface area contributed by atoms with Crippen molar-refractivity contribution in [2.24, 2.45) is 0 Å². The molecule has 178 valence electrons. The zero-order chi connectivity index (χ0) is 24.3. The molecule has 34 heavy (non-hydrogen) atoms. The Kier molecular flexibility index (Phi) is 9.72. The normalized spacial score (nSPS) is 11.6. The molecular weight excluding hydrogens is 444 g/mol. The topological polar surface area (TPSA) is 49.4 Å². The van der Waals surface area contributed by atoms with Crippen molar-refractivity contribution in [2.75, 3.05) is 6.54 Å². The van der Waals surface area contributed by atoms with Crippen LogP contribution in [0.1, 0.15) is 42.0 Å². The summed E-state index contributed by atoms with van der Waals surface area (Å²) in [5.74, 6) is -0.194. The van der Waals surface area contributed by atoms with Crippen LogP contribution in [0.2, 0.25) is 5.02 Å². The highest BCUT2D eigenvalue weighted by Gasteiger charge is 2.30. The average Bonchev–Trinajstić information content (AvgIpc) is 2.84. The first kappa shape index (κ1) is 25.5. The number of aryl methyl sites for hydroxylation is 1. The smallest absolute Gasteiger partial charge is 0.243 e. The second-order valence-corrected chi connectivity index (χ2v) is 9.04. The van der Waals surface area contributed by atoms with Crippen molar-refractivity contribution in [3.05, 3.63) is 106 Å². The molecule has 2 amide bonds. The van der Waals surface area contributed by atoms with E-state index in [0.717, 1.165) is 35.1 Å². The summed E-state index contributed by atoms with van der Waals surface area (Å²) in [6.07, 6.45) is 2.59. The van der Waals surface area contributed by atoms with Crippen molar-refractivity contribution in [3.63, 3.8) is 0 Å². The van der Waals surface area contributed by atoms with E-state index in [1.807, 2.05) is 85.8 Å². The largest absolute Gasteiger partial charge is 0.354 e. The molecule has 1 atom stereocenters. The molecule has 3 aromatic rings. The molecule has 0 saturated carbocycles. The molecule has 0 spiro atoms. The molecule has 0 bridgehead atoms. The van der Waals surface area contributed by atoms with Crippen LogP contribution >= 0.6 is 11.6 Å². The van der Waals surface area contributed by atoms with Crippen LogP contribution in [-0.4, -0.2) is 29.3 Å². The molecule has 0 aliphatic rings. The molecular formula is C29H33ClN2O2. The minimum Gasteiger partial charge on any atom is -0.354 e. The number of benzene rings is 3. The van der Waals surface area contributed by atoms with Crippen LogP contribution in [0, 0.1) is 6.92 Å². The number of carbonyl (C=O) groups is 2. The number of amides is 2. The molecule has 3 aromatic carbocycles. The second kappa shape index (κ2) is 13.0. The Morgan fingerprint density at radius 1 is 0.912 bits per heavy atom. The van der Waals surface area contributed by atoms with E-state index in [4.69, 9.17) is 11.6 Å². The second-order valence-electron chi connectivity index (χ2n) is 8.60. The highest BCUT2D eigenvalue weighted by molar-refractivity contribution is 6.30. The fourth-order valence-electron chi connectivity index (χ4n) is 3.92. The van der Waals surface area contributed by atoms with Gasteiger partial charge in [-0.1, -0.05) is 91.7 Å². The Morgan fingerprint density at radius 2 is 1.59 bits per heavy atom. The first-order valence-electron chi connectivity index (χ1n) is 11.9. The van der Waals surface area contributed by atoms with Gasteiger partial charge in [-0.25, -0.2) is 0 Å². The minimum absolute atomic E-state index is 0.0733. The van der Waals surface area contributed by atoms with Crippen molar-refractivity contribution in [3.8, 4) is 0 Å². The van der Waals surface area contributed by atoms with Gasteiger partial charge in [-0.2, -0.15) is 0 Å². The summed E-state index contributed by atoms with van der Waals surface area (Å²) in [7, 11) is 0. The summed E-state index contributed by atoms with van der Waals surface area (Å²) in [6.45, 7) is 5.03. The third-order valence-electron chi connectivity index (χ3n) is 5.97. The van der Waals surface area contributed by atoms with Gasteiger partial charge in [0.2, 0.25) is 11.8 Å². The molecule has 0 aliphatic heterocycles. The lowest BCUT2D eigenvalue weighted by Crippen LogP contribution is -2.51. The number of halogens is 1. The van der Waals surface area contributed by atoms with Crippen molar-refractivity contribution < 1.29 is 9.59 Å². The molecule has 0 saturated heterocycles. The van der Waals surface area contributed by atoms with Gasteiger partial charge < -0.3 is 10.2 Å². The number of hydrogen-bond acceptors (Lipinski definition) is 2. The number of carbonyl (C=O) groups excluding carboxylic acids is 2. The fourth-order valence-corrected chi connectivity index (χ4v) is 4.05. The van der Waals surface area contributed by atoms with Crippen molar-refractivity contribution in [1.82, 2.24) is 10.2 Å². The number of nitrogens with one attached hydrogen (secondary N) is 1. The Balaban J connectivity index is 1.94. The highest BCUT2D eigenvalue weighted by Crippen LogP contribution is 2.19. The maximum atomic E-state index is 13.7. The van der Waals surface area contributed by atoms with E-state index in [2.05, 4.69) is 12.2 Å². The standard InChI is InChI=1S/C29H33ClN2O2/c1-3-4-18-31-29(34)27(19-23-11-6-5-7-12-23)32(21-24-14-16-26(30)17-15-24)28(33)20-25-13-9-8-10-22(25)2/h5-17,27H,3-4,18-21H2,1-2H3,(H,31,34)/t27-/m1/s1. The van der Waals surface area contributed by atoms with Gasteiger partial charge in [0.05, 0.1) is 6.42 Å². The van der Waals surface area contributed by atoms with E-state index in [1.54, 1.807) is 4.90 Å². The Morgan fingerprint density at radius 3 is 2.26 bits per heavy atom. The van der Waals surface area contributed by atoms with Gasteiger partial charge in [-0.05, 0) is 47.7 Å². The van der Waals surface area contributed by atoms with Crippen LogP contribution in [0.3, 0.4) is 0 Å². The zero-order valence-electron chi connectivity index (χ0n) is 20.0. The van der Waals surface area contributed by atoms with Crippen LogP contribution in [0.5, 0.6) is 0 Å². The summed E-state index contributed by atoms with van der Waals surface area (Å²) in [5.41, 5.74) is 3.98. The van der Waals surface area contributed by atoms with Gasteiger partial charge in [-0.3, -0.25) is 9.59 Å². The van der Waals surface area contributed by atoms with Crippen LogP contribution in [0.15, 0.2) is 78.9 Å². The van der Waals surface area contributed by atoms with Crippen molar-refractivity contribution in [2.45, 2.75) is 52.1 Å². The molecule has 0 radical (unpaired) electrons. The molecule has 0 aliphatic carbocycles. The SMILES string of the molecule is CCCCNC(=O)[C@@H](Cc1ccccc1)N(Cc1ccc(Cl)cc1)C(=O)Cc1ccccc1C. The molecule has 0 aromatic heterocycles. The van der Waals surface area contributed by atoms with Crippen LogP contribution in [0.4, 0.5) is 0 Å². The van der Waals surface area contributed by atoms with Crippen molar-refractivity contribution in [1.29, 1.82) is 0 Å². The molecule has 0 heterocycles. The molecule has 5 heteroatoms. The van der Waals surface area contributed by atoms with E-state index < -0.39 is 6.04 Å². The maximum absolute atomic E-state index is 13.7. The van der Waals surface area contributed by atoms with Gasteiger partial charge in [-0.15, -0.1) is 0 Å². The van der Waals surface area contributed by atoms with E-state index >= 15 is 0 Å². The van der Waals surface area contributed by atoms with Gasteiger partial charge >= 0.3 is 0 Å². The maximum Gasteiger partial charge on any atom is 0.243 e. The van der Waals surface area contributed by atoms with Crippen LogP contribution < -0.4 is 5.32 Å². The average molecular weight is 477 g/mol. The van der Waals surface area contributed by atoms with Gasteiger partial charge in [0, 0.05) is 24.5 Å². The zero-order valence-corrected chi connectivity index (χ0v) is 20.7. The molecule has 0 unspecified atom stereocenters. The molecule has 4 nitrogen and oxygen atoms in total. The summed E-state index contributed by atoms with van der Waals surface area (Å²) in [5, 5.41) is 3.69. The number of rotatable bonds is 11. The number of hydrogen-bond donors (Lipinski definition) is 1. The lowest BCUT2D eigenvalue weighted by molar-refractivity contribution is -0.140. The number of unbranched alkanes of at least 4 members (excludes halogenated alkanes) is 1. The Bertz CT molecular complexity index is 1070. The molecule has 0 fully saturated rings. The summed E-state index contributed by atoms with van der Waals surface area (Å²) in [4.78, 5) is 28.9. The van der Waals surface area contributed by atoms with Crippen LogP contribution in [0.25, 0.3) is 0 Å². The highest BCUT2D eigenvalue weighted by atomic mass is 35.5. The first-order valence-corrected chi connectivity index (χ1v) is 12.3. The molecule has 3 rings (SSSR count). The van der Waals surface area contributed by atoms with Gasteiger partial charge in [0.15, 0.2) is 0 Å². The van der Waals surface area contributed by atoms with Crippen LogP contribution in [-0.2, 0) is 29.0 Å². The fraction of sp³-hybridized carbons (Fsp3) is 0.310. The minimum atomic E-state index is -0.619. The Hall–Kier alpha value is -3.11. The first-order chi connectivity index (χ1) is 16.5. The lowest BCUT2D eigenvalue weighted by atomic mass is 10.00. The predicted octanol–water partition coefficient (Wildman–Crippen LogP) is 5.75. The van der Waals surface area contributed by atoms with E-state index in [9.17, 15) is 9.59 Å². The Labute approximate surface area is 207 Å². The third-order valence-corrected chi connectivity index (χ3v) is 6.22.